The maximum atomic E-state index is 16.5. The van der Waals surface area contributed by atoms with Crippen LogP contribution in [-0.4, -0.2) is 273 Å². The van der Waals surface area contributed by atoms with Gasteiger partial charge in [0.1, 0.15) is 114 Å². The monoisotopic (exact) mass is 1840 g/mol. The van der Waals surface area contributed by atoms with Gasteiger partial charge in [0.2, 0.25) is 53.4 Å². The van der Waals surface area contributed by atoms with E-state index < -0.39 is 297 Å². The van der Waals surface area contributed by atoms with Crippen molar-refractivity contribution < 1.29 is 153 Å². The van der Waals surface area contributed by atoms with Crippen LogP contribution in [0, 0.1) is 5.92 Å². The molecule has 0 spiro atoms. The molecule has 0 saturated carbocycles. The lowest BCUT2D eigenvalue weighted by Gasteiger charge is -2.48. The quantitative estimate of drug-likeness (QED) is 0.0246. The smallest absolute Gasteiger partial charge is 0.330 e. The van der Waals surface area contributed by atoms with E-state index in [1.54, 1.807) is 27.7 Å². The van der Waals surface area contributed by atoms with Gasteiger partial charge in [-0.3, -0.25) is 38.4 Å². The van der Waals surface area contributed by atoms with Crippen LogP contribution in [0.15, 0.2) is 91.0 Å². The Morgan fingerprint density at radius 1 is 0.682 bits per heavy atom. The zero-order valence-corrected chi connectivity index (χ0v) is 71.4. The standard InChI is InChI=1S/C85H103Cl2N11O31/c1-33(2)19-46(89-5)76(114)97-63-65(105)38-10-13-51(44(86)22-38)125-54-24-40-25-55(73(54)129-84-74(71(111)69(109)56(32-100)127-84)128-58-28-85(4,75(113)34(3)124-58)92-29-35-7-8-36-15-18-123-53(36)20-35)126-52-14-11-39(23-45(52)87)66(106)64-81(119)96-62(83(121)122)42-26-49(102)43(30-90-16-6-17-91-82(120)72(112)70(110)68(108)50(103)31-99)67(107)59(42)41-21-37(9-12-48(41)101)60(78(116)98-64)95-79(117)61(40)94-77(115)47(27-57(88)104)93-80(63)118/h7-14,20-26,33-34,46-47,50,56,58,60-66,68-72,74-75,84,89-90,92,99-103,105-113H,6,15-19,27-32H2,1-5H3,(H2,88,104)(H,91,120)(H,93,118)(H,94,115)(H,95,117)(H,96,119)(H,97,114)(H,98,116)(H,121,122)/t34-,46+,47-,50+,56+,58-,60+,61+,62-,63+,64-,65+,66+,68+,69+,70-,71-,72+,74+,75+,84-,85-/m0/s1. The van der Waals surface area contributed by atoms with Crippen molar-refractivity contribution in [2.75, 3.05) is 40.0 Å². The van der Waals surface area contributed by atoms with E-state index in [2.05, 4.69) is 53.2 Å². The molecule has 698 valence electrons. The number of phenols is 3. The predicted octanol–water partition coefficient (Wildman–Crippen LogP) is -2.10. The van der Waals surface area contributed by atoms with E-state index >= 15 is 24.0 Å². The Bertz CT molecular complexity index is 5200. The molecule has 0 aromatic heterocycles. The summed E-state index contributed by atoms with van der Waals surface area (Å²) in [5.74, 6) is -17.6. The number of carbonyl (C=O) groups is 9. The lowest BCUT2D eigenvalue weighted by Crippen LogP contribution is -2.65. The number of rotatable bonds is 27. The average Bonchev–Trinajstić information content (AvgIpc) is 1.20. The van der Waals surface area contributed by atoms with Crippen LogP contribution in [0.5, 0.6) is 51.7 Å². The van der Waals surface area contributed by atoms with E-state index in [9.17, 15) is 90.7 Å². The van der Waals surface area contributed by atoms with Gasteiger partial charge in [0, 0.05) is 54.7 Å². The first kappa shape index (κ1) is 97.1. The third kappa shape index (κ3) is 21.7. The molecule has 0 unspecified atom stereocenters. The number of aliphatic hydroxyl groups excluding tert-OH is 11. The van der Waals surface area contributed by atoms with Gasteiger partial charge < -0.3 is 169 Å². The van der Waals surface area contributed by atoms with Gasteiger partial charge in [-0.1, -0.05) is 67.4 Å². The minimum atomic E-state index is -2.44. The number of benzene rings is 6. The number of fused-ring (bicyclic) bond motifs is 16. The van der Waals surface area contributed by atoms with Crippen molar-refractivity contribution in [2.45, 2.75) is 207 Å². The van der Waals surface area contributed by atoms with E-state index in [4.69, 9.17) is 67.2 Å². The summed E-state index contributed by atoms with van der Waals surface area (Å²) < 4.78 is 45.3. The Morgan fingerprint density at radius 3 is 1.97 bits per heavy atom. The molecule has 6 aromatic carbocycles. The summed E-state index contributed by atoms with van der Waals surface area (Å²) in [7, 11) is 1.46. The zero-order valence-electron chi connectivity index (χ0n) is 69.9. The van der Waals surface area contributed by atoms with Gasteiger partial charge in [-0.25, -0.2) is 4.79 Å². The molecule has 0 aliphatic carbocycles. The van der Waals surface area contributed by atoms with Crippen LogP contribution in [0.2, 0.25) is 10.0 Å². The van der Waals surface area contributed by atoms with E-state index in [1.807, 2.05) is 18.2 Å². The molecule has 129 heavy (non-hydrogen) atoms. The molecule has 22 atom stereocenters. The van der Waals surface area contributed by atoms with E-state index in [0.717, 1.165) is 78.2 Å². The molecular weight excluding hydrogens is 1740 g/mol. The van der Waals surface area contributed by atoms with Crippen LogP contribution in [-0.2, 0) is 76.9 Å². The summed E-state index contributed by atoms with van der Waals surface area (Å²) in [6.45, 7) is 4.60. The van der Waals surface area contributed by atoms with Crippen molar-refractivity contribution in [2.24, 2.45) is 11.7 Å². The van der Waals surface area contributed by atoms with Crippen LogP contribution in [0.25, 0.3) is 11.1 Å². The van der Waals surface area contributed by atoms with Gasteiger partial charge in [0.15, 0.2) is 36.0 Å². The van der Waals surface area contributed by atoms with E-state index in [1.165, 1.54) is 19.2 Å². The second-order valence-corrected chi connectivity index (χ2v) is 33.6. The average molecular weight is 1850 g/mol. The summed E-state index contributed by atoms with van der Waals surface area (Å²) in [6.07, 6.45) is -27.0. The van der Waals surface area contributed by atoms with Crippen molar-refractivity contribution in [3.8, 4) is 62.9 Å². The second kappa shape index (κ2) is 41.4. The Labute approximate surface area is 745 Å². The number of halogens is 2. The number of amides is 8. The van der Waals surface area contributed by atoms with Crippen molar-refractivity contribution in [1.82, 2.24) is 53.2 Å². The number of phenolic OH excluding ortho intramolecular Hbond substituents is 3. The van der Waals surface area contributed by atoms with Gasteiger partial charge in [0.25, 0.3) is 5.91 Å². The molecule has 8 amide bonds. The Morgan fingerprint density at radius 2 is 1.33 bits per heavy atom. The number of hydrogen-bond acceptors (Lipinski definition) is 33. The molecule has 8 heterocycles. The molecule has 2 fully saturated rings. The Balaban J connectivity index is 1.02. The summed E-state index contributed by atoms with van der Waals surface area (Å²) in [5, 5.41) is 194. The number of nitrogens with two attached hydrogens (primary N) is 1. The largest absolute Gasteiger partial charge is 0.507 e. The maximum Gasteiger partial charge on any atom is 0.330 e. The molecule has 14 rings (SSSR count). The van der Waals surface area contributed by atoms with Crippen molar-refractivity contribution in [3.05, 3.63) is 146 Å². The summed E-state index contributed by atoms with van der Waals surface area (Å²) >= 11 is 14.4. The predicted molar refractivity (Wildman–Crippen MR) is 448 cm³/mol. The molecule has 11 bridgehead atoms. The van der Waals surface area contributed by atoms with Gasteiger partial charge >= 0.3 is 5.97 Å². The second-order valence-electron chi connectivity index (χ2n) is 32.8. The molecular formula is C85H103Cl2N11O31. The number of carboxylic acids is 1. The number of carbonyl (C=O) groups excluding carboxylic acids is 8. The first-order valence-electron chi connectivity index (χ1n) is 41.2. The van der Waals surface area contributed by atoms with Crippen molar-refractivity contribution in [3.63, 3.8) is 0 Å². The van der Waals surface area contributed by atoms with Crippen LogP contribution >= 0.6 is 23.2 Å². The number of aliphatic hydroxyl groups is 11. The third-order valence-corrected chi connectivity index (χ3v) is 23.7. The number of primary amides is 1. The molecule has 44 heteroatoms. The topological polar surface area (TPSA) is 668 Å². The van der Waals surface area contributed by atoms with Gasteiger partial charge in [-0.15, -0.1) is 0 Å². The van der Waals surface area contributed by atoms with Gasteiger partial charge in [0.05, 0.1) is 60.1 Å². The SMILES string of the molecule is CN[C@H](CC(C)C)C(=O)N[C@H]1C(=O)N[C@@H](CC(N)=O)C(=O)N[C@H]2C(=O)N[C@H]3C(=O)N[C@H](C(=O)N[C@H](C(=O)O)c4cc(O)c(CNCCCNC(=O)[C@H](O)[C@@H](O)[C@H](O)[C@H](O)CO)c(O)c4-c4cc3ccc4O)[C@H](O)c3ccc(c(Cl)c3)Oc3cc2cc(c3O[C@@H]2O[C@H](CO)[C@@H](O)[C@H](O)[C@H]2O[C@H]2C[C@](C)(NCc3ccc4c(c3)OCC4)[C@H](O)[C@H](C)O2)Oc2ccc(cc2Cl)[C@H]1O. The third-order valence-electron chi connectivity index (χ3n) is 23.1. The minimum absolute atomic E-state index is 0.0169. The first-order chi connectivity index (χ1) is 61.2. The van der Waals surface area contributed by atoms with E-state index in [-0.39, 0.29) is 61.7 Å². The molecule has 6 aromatic rings. The highest BCUT2D eigenvalue weighted by Crippen LogP contribution is 2.51. The number of aliphatic carboxylic acids is 1. The molecule has 42 nitrogen and oxygen atoms in total. The Kier molecular flexibility index (Phi) is 31.2. The zero-order chi connectivity index (χ0) is 93.6. The molecule has 8 aliphatic heterocycles. The number of carboxylic acid groups (broad SMARTS) is 1. The lowest BCUT2D eigenvalue weighted by molar-refractivity contribution is -0.334. The van der Waals surface area contributed by atoms with Crippen LogP contribution in [0.4, 0.5) is 0 Å². The number of aromatic hydroxyl groups is 3. The lowest BCUT2D eigenvalue weighted by atomic mass is 9.84. The van der Waals surface area contributed by atoms with Crippen molar-refractivity contribution in [1.29, 1.82) is 0 Å². The highest BCUT2D eigenvalue weighted by Gasteiger charge is 2.53. The van der Waals surface area contributed by atoms with Gasteiger partial charge in [-0.05, 0) is 140 Å². The number of nitrogens with one attached hydrogen (secondary N) is 10. The molecule has 27 N–H and O–H groups in total. The number of ether oxygens (including phenoxy) is 7. The van der Waals surface area contributed by atoms with Crippen LogP contribution < -0.4 is 77.8 Å². The highest BCUT2D eigenvalue weighted by molar-refractivity contribution is 6.32. The fraction of sp³-hybridized carbons (Fsp3) is 0.471. The molecule has 0 radical (unpaired) electrons. The minimum Gasteiger partial charge on any atom is -0.507 e. The molecule has 8 aliphatic rings. The first-order valence-corrected chi connectivity index (χ1v) is 42.0. The maximum absolute atomic E-state index is 16.5. The summed E-state index contributed by atoms with van der Waals surface area (Å²) in [4.78, 5) is 132. The summed E-state index contributed by atoms with van der Waals surface area (Å²) in [6, 6.07) is 3.22. The van der Waals surface area contributed by atoms with Crippen molar-refractivity contribution >= 4 is 76.4 Å². The van der Waals surface area contributed by atoms with E-state index in [0.29, 0.717) is 12.4 Å². The number of hydrogen-bond donors (Lipinski definition) is 26. The normalized spacial score (nSPS) is 27.0. The van der Waals surface area contributed by atoms with Crippen LogP contribution in [0.1, 0.15) is 128 Å². The fourth-order valence-electron chi connectivity index (χ4n) is 15.9. The number of likely N-dealkylation sites (N-methyl/N-ethyl adjacent to an activating group) is 1. The Hall–Kier alpha value is -11.0. The van der Waals surface area contributed by atoms with Gasteiger partial charge in [-0.2, -0.15) is 0 Å². The molecule has 2 saturated heterocycles. The summed E-state index contributed by atoms with van der Waals surface area (Å²) in [5.41, 5.74) is 2.45. The highest BCUT2D eigenvalue weighted by atomic mass is 35.5. The fourth-order valence-corrected chi connectivity index (χ4v) is 16.4. The van der Waals surface area contributed by atoms with Crippen LogP contribution in [0.3, 0.4) is 0 Å².